The van der Waals surface area contributed by atoms with Gasteiger partial charge in [0.15, 0.2) is 29.0 Å². The van der Waals surface area contributed by atoms with Gasteiger partial charge in [0.05, 0.1) is 32.5 Å². The Morgan fingerprint density at radius 1 is 1.12 bits per heavy atom. The summed E-state index contributed by atoms with van der Waals surface area (Å²) < 4.78 is 100. The molecule has 0 aliphatic carbocycles. The van der Waals surface area contributed by atoms with Gasteiger partial charge in [0.2, 0.25) is 5.91 Å². The first-order valence-electron chi connectivity index (χ1n) is 12.8. The fourth-order valence-corrected chi connectivity index (χ4v) is 5.63. The Labute approximate surface area is 225 Å². The Hall–Kier alpha value is -2.72. The lowest BCUT2D eigenvalue weighted by Gasteiger charge is -2.54. The summed E-state index contributed by atoms with van der Waals surface area (Å²) in [6.07, 6.45) is -0.0844. The minimum absolute atomic E-state index is 0.0335. The molecular weight excluding hydrogens is 547 g/mol. The van der Waals surface area contributed by atoms with Crippen LogP contribution in [0.15, 0.2) is 18.3 Å². The number of halogens is 5. The highest BCUT2D eigenvalue weighted by atomic mass is 19.3. The normalized spacial score (nSPS) is 32.6. The second kappa shape index (κ2) is 9.69. The summed E-state index contributed by atoms with van der Waals surface area (Å²) in [6, 6.07) is 0.733. The molecule has 0 N–H and O–H groups in total. The fraction of sp³-hybridized carbons (Fsp3) is 0.640. The van der Waals surface area contributed by atoms with Crippen molar-refractivity contribution >= 4 is 5.91 Å². The molecule has 4 aliphatic rings. The van der Waals surface area contributed by atoms with Crippen LogP contribution in [0.4, 0.5) is 22.0 Å². The monoisotopic (exact) mass is 574 g/mol. The first-order valence-corrected chi connectivity index (χ1v) is 12.8. The largest absolute Gasteiger partial charge is 0.360 e. The molecule has 1 amide bonds. The van der Waals surface area contributed by atoms with Crippen LogP contribution in [0.5, 0.6) is 0 Å². The van der Waals surface area contributed by atoms with Gasteiger partial charge in [-0.3, -0.25) is 4.79 Å². The van der Waals surface area contributed by atoms with Crippen molar-refractivity contribution in [2.75, 3.05) is 32.9 Å². The van der Waals surface area contributed by atoms with Crippen LogP contribution in [-0.4, -0.2) is 94.5 Å². The van der Waals surface area contributed by atoms with E-state index in [9.17, 15) is 26.7 Å². The maximum absolute atomic E-state index is 13.9. The molecule has 2 aromatic rings. The molecule has 5 heterocycles. The standard InChI is InChI=1S/C25H27F5N4O6/c1-23(2)38-9-17-21(40-23)20(34-8-16(31-32-34)13-6-14(26)19(28)15(27)7-13)22(25(39-17)4-3-5-37-25)36-10-18(35)33-11-24(29,30)12-33/h6-8,17,20-22H,3-5,9-12H2,1-2H3/t17-,20+,21+,22-,25+/m1/s1. The molecule has 0 saturated carbocycles. The van der Waals surface area contributed by atoms with E-state index in [4.69, 9.17) is 23.7 Å². The molecule has 5 atom stereocenters. The average Bonchev–Trinajstić information content (AvgIpc) is 3.54. The van der Waals surface area contributed by atoms with Crippen LogP contribution in [0, 0.1) is 17.5 Å². The van der Waals surface area contributed by atoms with Gasteiger partial charge in [-0.15, -0.1) is 5.10 Å². The van der Waals surface area contributed by atoms with Gasteiger partial charge in [-0.2, -0.15) is 0 Å². The van der Waals surface area contributed by atoms with Gasteiger partial charge < -0.3 is 28.6 Å². The predicted molar refractivity (Wildman–Crippen MR) is 123 cm³/mol. The predicted octanol–water partition coefficient (Wildman–Crippen LogP) is 2.82. The van der Waals surface area contributed by atoms with Gasteiger partial charge >= 0.3 is 0 Å². The lowest BCUT2D eigenvalue weighted by Crippen LogP contribution is -2.67. The van der Waals surface area contributed by atoms with E-state index < -0.39 is 84.9 Å². The number of rotatable bonds is 5. The maximum Gasteiger partial charge on any atom is 0.282 e. The van der Waals surface area contributed by atoms with E-state index in [0.717, 1.165) is 17.0 Å². The van der Waals surface area contributed by atoms with Crippen LogP contribution in [0.3, 0.4) is 0 Å². The van der Waals surface area contributed by atoms with Crippen molar-refractivity contribution in [3.05, 3.63) is 35.8 Å². The van der Waals surface area contributed by atoms with Crippen molar-refractivity contribution in [1.82, 2.24) is 19.9 Å². The zero-order valence-corrected chi connectivity index (χ0v) is 21.6. The molecule has 40 heavy (non-hydrogen) atoms. The van der Waals surface area contributed by atoms with Crippen LogP contribution in [-0.2, 0) is 28.5 Å². The van der Waals surface area contributed by atoms with Crippen LogP contribution >= 0.6 is 0 Å². The Morgan fingerprint density at radius 2 is 1.85 bits per heavy atom. The maximum atomic E-state index is 13.9. The van der Waals surface area contributed by atoms with E-state index in [2.05, 4.69) is 10.3 Å². The first kappa shape index (κ1) is 27.4. The van der Waals surface area contributed by atoms with E-state index >= 15 is 0 Å². The minimum Gasteiger partial charge on any atom is -0.360 e. The second-order valence-corrected chi connectivity index (χ2v) is 10.9. The number of amides is 1. The molecule has 0 radical (unpaired) electrons. The molecule has 4 aliphatic heterocycles. The molecule has 6 rings (SSSR count). The summed E-state index contributed by atoms with van der Waals surface area (Å²) in [4.78, 5) is 13.7. The minimum atomic E-state index is -2.94. The summed E-state index contributed by atoms with van der Waals surface area (Å²) in [6.45, 7) is 1.94. The number of hydrogen-bond acceptors (Lipinski definition) is 8. The molecule has 10 nitrogen and oxygen atoms in total. The van der Waals surface area contributed by atoms with Crippen molar-refractivity contribution < 1.29 is 50.4 Å². The molecule has 0 bridgehead atoms. The van der Waals surface area contributed by atoms with E-state index in [-0.39, 0.29) is 17.9 Å². The average molecular weight is 575 g/mol. The summed E-state index contributed by atoms with van der Waals surface area (Å²) in [5, 5.41) is 8.21. The van der Waals surface area contributed by atoms with E-state index in [1.54, 1.807) is 13.8 Å². The number of nitrogens with zero attached hydrogens (tertiary/aromatic N) is 4. The lowest BCUT2D eigenvalue weighted by atomic mass is 9.87. The Balaban J connectivity index is 1.36. The number of alkyl halides is 2. The van der Waals surface area contributed by atoms with Gasteiger partial charge in [-0.05, 0) is 32.4 Å². The first-order chi connectivity index (χ1) is 18.9. The number of aromatic nitrogens is 3. The molecule has 4 fully saturated rings. The molecular formula is C25H27F5N4O6. The molecule has 0 unspecified atom stereocenters. The molecule has 1 aromatic carbocycles. The molecule has 1 spiro atoms. The SMILES string of the molecule is CC1(C)OC[C@H]2O[C@@]3(CCCO3)[C@H](OCC(=O)N3CC(F)(F)C3)[C@@H](n3cc(-c4cc(F)c(F)c(F)c4)nn3)[C@H]2O1. The number of hydrogen-bond donors (Lipinski definition) is 0. The quantitative estimate of drug-likeness (QED) is 0.398. The van der Waals surface area contributed by atoms with Gasteiger partial charge in [0.1, 0.15) is 36.7 Å². The highest BCUT2D eigenvalue weighted by Crippen LogP contribution is 2.48. The summed E-state index contributed by atoms with van der Waals surface area (Å²) in [7, 11) is 0. The Bertz CT molecular complexity index is 1270. The number of ether oxygens (including phenoxy) is 5. The molecule has 1 aromatic heterocycles. The summed E-state index contributed by atoms with van der Waals surface area (Å²) >= 11 is 0. The number of benzene rings is 1. The lowest BCUT2D eigenvalue weighted by molar-refractivity contribution is -0.403. The second-order valence-electron chi connectivity index (χ2n) is 10.9. The van der Waals surface area contributed by atoms with Gasteiger partial charge in [-0.25, -0.2) is 26.6 Å². The highest BCUT2D eigenvalue weighted by molar-refractivity contribution is 5.78. The van der Waals surface area contributed by atoms with Gasteiger partial charge in [0.25, 0.3) is 5.92 Å². The number of carbonyl (C=O) groups is 1. The highest BCUT2D eigenvalue weighted by Gasteiger charge is 2.61. The van der Waals surface area contributed by atoms with Crippen LogP contribution in [0.25, 0.3) is 11.3 Å². The third-order valence-corrected chi connectivity index (χ3v) is 7.51. The molecule has 4 saturated heterocycles. The zero-order valence-electron chi connectivity index (χ0n) is 21.6. The smallest absolute Gasteiger partial charge is 0.282 e. The molecule has 15 heteroatoms. The molecule has 218 valence electrons. The number of carbonyl (C=O) groups excluding carboxylic acids is 1. The van der Waals surface area contributed by atoms with E-state index in [1.807, 2.05) is 0 Å². The van der Waals surface area contributed by atoms with Crippen molar-refractivity contribution in [2.24, 2.45) is 0 Å². The van der Waals surface area contributed by atoms with Crippen molar-refractivity contribution in [3.8, 4) is 11.3 Å². The zero-order chi connectivity index (χ0) is 28.4. The number of fused-ring (bicyclic) bond motifs is 1. The number of likely N-dealkylation sites (tertiary alicyclic amines) is 1. The summed E-state index contributed by atoms with van der Waals surface area (Å²) in [5.74, 6) is -10.4. The van der Waals surface area contributed by atoms with Crippen LogP contribution in [0.2, 0.25) is 0 Å². The Kier molecular flexibility index (Phi) is 6.65. The topological polar surface area (TPSA) is 97.2 Å². The fourth-order valence-electron chi connectivity index (χ4n) is 5.63. The van der Waals surface area contributed by atoms with E-state index in [0.29, 0.717) is 19.4 Å². The van der Waals surface area contributed by atoms with Crippen molar-refractivity contribution in [1.29, 1.82) is 0 Å². The van der Waals surface area contributed by atoms with Crippen molar-refractivity contribution in [2.45, 2.75) is 68.5 Å². The van der Waals surface area contributed by atoms with Gasteiger partial charge in [0, 0.05) is 12.0 Å². The summed E-state index contributed by atoms with van der Waals surface area (Å²) in [5.41, 5.74) is -0.0242. The van der Waals surface area contributed by atoms with Gasteiger partial charge in [-0.1, -0.05) is 5.21 Å². The van der Waals surface area contributed by atoms with Crippen molar-refractivity contribution in [3.63, 3.8) is 0 Å². The van der Waals surface area contributed by atoms with Crippen LogP contribution in [0.1, 0.15) is 32.7 Å². The van der Waals surface area contributed by atoms with E-state index in [1.165, 1.54) is 10.9 Å². The van der Waals surface area contributed by atoms with Crippen LogP contribution < -0.4 is 0 Å². The third-order valence-electron chi connectivity index (χ3n) is 7.51. The Morgan fingerprint density at radius 3 is 2.50 bits per heavy atom. The third kappa shape index (κ3) is 4.87.